The number of amides is 2. The van der Waals surface area contributed by atoms with Crippen molar-refractivity contribution >= 4 is 11.8 Å². The van der Waals surface area contributed by atoms with Crippen molar-refractivity contribution in [3.05, 3.63) is 70.5 Å². The van der Waals surface area contributed by atoms with Crippen molar-refractivity contribution in [2.24, 2.45) is 5.73 Å². The van der Waals surface area contributed by atoms with Crippen molar-refractivity contribution in [2.75, 3.05) is 0 Å². The normalized spacial score (nSPS) is 16.3. The van der Waals surface area contributed by atoms with Crippen LogP contribution >= 0.6 is 0 Å². The third-order valence-corrected chi connectivity index (χ3v) is 5.37. The van der Waals surface area contributed by atoms with Crippen molar-refractivity contribution < 1.29 is 40.3 Å². The van der Waals surface area contributed by atoms with E-state index in [0.29, 0.717) is 12.1 Å². The number of primary amides is 1. The van der Waals surface area contributed by atoms with E-state index in [1.165, 1.54) is 0 Å². The molecule has 0 bridgehead atoms. The van der Waals surface area contributed by atoms with Crippen LogP contribution in [0, 0.1) is 5.82 Å². The zero-order valence-corrected chi connectivity index (χ0v) is 16.3. The van der Waals surface area contributed by atoms with E-state index < -0.39 is 52.6 Å². The summed E-state index contributed by atoms with van der Waals surface area (Å²) in [4.78, 5) is 24.6. The molecule has 1 atom stereocenters. The summed E-state index contributed by atoms with van der Waals surface area (Å²) in [6.07, 6.45) is -9.22. The second kappa shape index (κ2) is 8.10. The van der Waals surface area contributed by atoms with Crippen molar-refractivity contribution in [2.45, 2.75) is 43.1 Å². The SMILES string of the molecule is NC(=O)[C@H](Cc1ccc(C(F)(F)F)cc1)NC(=O)C1(c2ccc(C(F)(F)F)cc2F)CC1. The maximum absolute atomic E-state index is 14.4. The summed E-state index contributed by atoms with van der Waals surface area (Å²) in [7, 11) is 0. The van der Waals surface area contributed by atoms with E-state index in [1.807, 2.05) is 0 Å². The zero-order valence-electron chi connectivity index (χ0n) is 16.3. The Kier molecular flexibility index (Phi) is 5.96. The Bertz CT molecular complexity index is 1030. The summed E-state index contributed by atoms with van der Waals surface area (Å²) in [6.45, 7) is 0. The van der Waals surface area contributed by atoms with Crippen LogP contribution in [0.2, 0.25) is 0 Å². The Morgan fingerprint density at radius 1 is 0.938 bits per heavy atom. The number of nitrogens with one attached hydrogen (secondary N) is 1. The summed E-state index contributed by atoms with van der Waals surface area (Å²) in [5.74, 6) is -2.97. The van der Waals surface area contributed by atoms with Crippen LogP contribution < -0.4 is 11.1 Å². The molecular formula is C21H17F7N2O2. The number of hydrogen-bond acceptors (Lipinski definition) is 2. The summed E-state index contributed by atoms with van der Waals surface area (Å²) in [6, 6.07) is 4.44. The molecule has 172 valence electrons. The number of benzene rings is 2. The molecule has 3 N–H and O–H groups in total. The first-order chi connectivity index (χ1) is 14.7. The third kappa shape index (κ3) is 4.86. The molecule has 3 rings (SSSR count). The minimum Gasteiger partial charge on any atom is -0.368 e. The zero-order chi connectivity index (χ0) is 23.9. The molecule has 0 saturated heterocycles. The monoisotopic (exact) mass is 462 g/mol. The second-order valence-electron chi connectivity index (χ2n) is 7.60. The maximum Gasteiger partial charge on any atom is 0.416 e. The number of hydrogen-bond donors (Lipinski definition) is 2. The number of carbonyl (C=O) groups is 2. The number of rotatable bonds is 6. The molecule has 2 amide bonds. The highest BCUT2D eigenvalue weighted by atomic mass is 19.4. The van der Waals surface area contributed by atoms with Crippen LogP contribution in [0.25, 0.3) is 0 Å². The van der Waals surface area contributed by atoms with Gasteiger partial charge >= 0.3 is 12.4 Å². The fourth-order valence-corrected chi connectivity index (χ4v) is 3.41. The standard InChI is InChI=1S/C21H17F7N2O2/c22-15-10-13(21(26,27)28)5-6-14(15)19(7-8-19)18(32)30-16(17(29)31)9-11-1-3-12(4-2-11)20(23,24)25/h1-6,10,16H,7-9H2,(H2,29,31)(H,30,32)/t16-/m0/s1. The van der Waals surface area contributed by atoms with Crippen LogP contribution in [-0.2, 0) is 33.8 Å². The Labute approximate surface area is 177 Å². The van der Waals surface area contributed by atoms with Crippen LogP contribution in [0.1, 0.15) is 35.1 Å². The molecule has 4 nitrogen and oxygen atoms in total. The Morgan fingerprint density at radius 3 is 1.91 bits per heavy atom. The van der Waals surface area contributed by atoms with E-state index in [2.05, 4.69) is 5.32 Å². The molecule has 0 spiro atoms. The minimum absolute atomic E-state index is 0.146. The first-order valence-corrected chi connectivity index (χ1v) is 9.38. The molecule has 2 aromatic rings. The van der Waals surface area contributed by atoms with Crippen molar-refractivity contribution in [3.8, 4) is 0 Å². The van der Waals surface area contributed by atoms with Crippen molar-refractivity contribution in [3.63, 3.8) is 0 Å². The summed E-state index contributed by atoms with van der Waals surface area (Å²) < 4.78 is 90.7. The first kappa shape index (κ1) is 23.6. The van der Waals surface area contributed by atoms with Gasteiger partial charge in [-0.15, -0.1) is 0 Å². The average Bonchev–Trinajstić information content (AvgIpc) is 3.48. The van der Waals surface area contributed by atoms with Gasteiger partial charge in [0.2, 0.25) is 11.8 Å². The van der Waals surface area contributed by atoms with E-state index in [9.17, 15) is 40.3 Å². The molecule has 0 radical (unpaired) electrons. The van der Waals surface area contributed by atoms with Gasteiger partial charge in [-0.1, -0.05) is 18.2 Å². The molecule has 0 heterocycles. The molecule has 1 saturated carbocycles. The number of halogens is 7. The Balaban J connectivity index is 1.77. The highest BCUT2D eigenvalue weighted by Crippen LogP contribution is 2.50. The molecule has 0 aromatic heterocycles. The minimum atomic E-state index is -4.75. The van der Waals surface area contributed by atoms with Gasteiger partial charge in [0.25, 0.3) is 0 Å². The van der Waals surface area contributed by atoms with Gasteiger partial charge in [0.05, 0.1) is 16.5 Å². The molecule has 0 aliphatic heterocycles. The summed E-state index contributed by atoms with van der Waals surface area (Å²) in [5, 5.41) is 2.36. The van der Waals surface area contributed by atoms with Crippen molar-refractivity contribution in [1.29, 1.82) is 0 Å². The van der Waals surface area contributed by atoms with Crippen LogP contribution in [0.3, 0.4) is 0 Å². The second-order valence-corrected chi connectivity index (χ2v) is 7.60. The van der Waals surface area contributed by atoms with Crippen LogP contribution in [0.5, 0.6) is 0 Å². The molecular weight excluding hydrogens is 445 g/mol. The number of alkyl halides is 6. The lowest BCUT2D eigenvalue weighted by Gasteiger charge is -2.22. The highest BCUT2D eigenvalue weighted by Gasteiger charge is 2.53. The molecule has 0 unspecified atom stereocenters. The van der Waals surface area contributed by atoms with E-state index >= 15 is 0 Å². The van der Waals surface area contributed by atoms with Crippen LogP contribution in [-0.4, -0.2) is 17.9 Å². The fourth-order valence-electron chi connectivity index (χ4n) is 3.41. The van der Waals surface area contributed by atoms with Crippen molar-refractivity contribution in [1.82, 2.24) is 5.32 Å². The highest BCUT2D eigenvalue weighted by molar-refractivity contribution is 5.95. The van der Waals surface area contributed by atoms with Crippen LogP contribution in [0.15, 0.2) is 42.5 Å². The van der Waals surface area contributed by atoms with Gasteiger partial charge in [-0.2, -0.15) is 26.3 Å². The smallest absolute Gasteiger partial charge is 0.368 e. The van der Waals surface area contributed by atoms with Gasteiger partial charge in [-0.25, -0.2) is 4.39 Å². The predicted molar refractivity (Wildman–Crippen MR) is 98.6 cm³/mol. The fraction of sp³-hybridized carbons (Fsp3) is 0.333. The maximum atomic E-state index is 14.4. The van der Waals surface area contributed by atoms with Gasteiger partial charge in [0, 0.05) is 12.0 Å². The Morgan fingerprint density at radius 2 is 1.47 bits per heavy atom. The average molecular weight is 462 g/mol. The van der Waals surface area contributed by atoms with Gasteiger partial charge in [-0.05, 0) is 42.7 Å². The van der Waals surface area contributed by atoms with E-state index in [0.717, 1.165) is 30.3 Å². The van der Waals surface area contributed by atoms with Crippen LogP contribution in [0.4, 0.5) is 30.7 Å². The lowest BCUT2D eigenvalue weighted by Crippen LogP contribution is -2.49. The third-order valence-electron chi connectivity index (χ3n) is 5.37. The first-order valence-electron chi connectivity index (χ1n) is 9.38. The molecule has 1 fully saturated rings. The van der Waals surface area contributed by atoms with Gasteiger partial charge in [-0.3, -0.25) is 9.59 Å². The number of carbonyl (C=O) groups excluding carboxylic acids is 2. The van der Waals surface area contributed by atoms with E-state index in [1.54, 1.807) is 0 Å². The lowest BCUT2D eigenvalue weighted by molar-refractivity contribution is -0.138. The summed E-state index contributed by atoms with van der Waals surface area (Å²) in [5.41, 5.74) is 1.81. The van der Waals surface area contributed by atoms with Gasteiger partial charge in [0.15, 0.2) is 0 Å². The summed E-state index contributed by atoms with van der Waals surface area (Å²) >= 11 is 0. The largest absolute Gasteiger partial charge is 0.416 e. The Hall–Kier alpha value is -3.11. The van der Waals surface area contributed by atoms with E-state index in [-0.39, 0.29) is 30.4 Å². The van der Waals surface area contributed by atoms with E-state index in [4.69, 9.17) is 5.73 Å². The molecule has 32 heavy (non-hydrogen) atoms. The predicted octanol–water partition coefficient (Wildman–Crippen LogP) is 4.11. The molecule has 2 aromatic carbocycles. The quantitative estimate of drug-likeness (QED) is 0.635. The van der Waals surface area contributed by atoms with Gasteiger partial charge < -0.3 is 11.1 Å². The topological polar surface area (TPSA) is 72.2 Å². The molecule has 11 heteroatoms. The molecule has 1 aliphatic carbocycles. The lowest BCUT2D eigenvalue weighted by atomic mass is 9.92. The number of nitrogens with two attached hydrogens (primary N) is 1. The van der Waals surface area contributed by atoms with Gasteiger partial charge in [0.1, 0.15) is 11.9 Å². The molecule has 1 aliphatic rings.